The number of Topliss-reactive ketones (excluding diaryl/α,β-unsaturated/α-hetero) is 1. The van der Waals surface area contributed by atoms with Crippen molar-refractivity contribution in [2.45, 2.75) is 26.7 Å². The second-order valence-corrected chi connectivity index (χ2v) is 6.44. The molecule has 0 N–H and O–H groups in total. The van der Waals surface area contributed by atoms with Crippen molar-refractivity contribution in [1.82, 2.24) is 0 Å². The van der Waals surface area contributed by atoms with Gasteiger partial charge in [0.15, 0.2) is 11.5 Å². The van der Waals surface area contributed by atoms with E-state index in [4.69, 9.17) is 4.42 Å². The molecule has 0 saturated carbocycles. The van der Waals surface area contributed by atoms with E-state index in [9.17, 15) is 9.59 Å². The zero-order valence-corrected chi connectivity index (χ0v) is 15.6. The van der Waals surface area contributed by atoms with Crippen molar-refractivity contribution in [3.05, 3.63) is 78.1 Å². The molecule has 3 aromatic rings. The second-order valence-electron chi connectivity index (χ2n) is 6.44. The van der Waals surface area contributed by atoms with E-state index >= 15 is 0 Å². The first kappa shape index (κ1) is 18.6. The van der Waals surface area contributed by atoms with Crippen LogP contribution in [-0.2, 0) is 0 Å². The molecule has 0 saturated heterocycles. The number of amides is 1. The van der Waals surface area contributed by atoms with Gasteiger partial charge < -0.3 is 9.32 Å². The number of furan rings is 1. The Kier molecular flexibility index (Phi) is 5.87. The molecule has 1 aromatic heterocycles. The third-order valence-corrected chi connectivity index (χ3v) is 4.44. The van der Waals surface area contributed by atoms with Crippen LogP contribution in [0.4, 0.5) is 5.69 Å². The molecule has 0 aliphatic rings. The third kappa shape index (κ3) is 4.34. The minimum absolute atomic E-state index is 0.0197. The van der Waals surface area contributed by atoms with E-state index in [1.165, 1.54) is 6.92 Å². The first-order valence-corrected chi connectivity index (χ1v) is 9.18. The molecular weight excluding hydrogens is 338 g/mol. The summed E-state index contributed by atoms with van der Waals surface area (Å²) in [5.74, 6) is 0.783. The highest BCUT2D eigenvalue weighted by Crippen LogP contribution is 2.25. The van der Waals surface area contributed by atoms with Gasteiger partial charge in [0.1, 0.15) is 5.76 Å². The van der Waals surface area contributed by atoms with Gasteiger partial charge in [-0.3, -0.25) is 9.59 Å². The van der Waals surface area contributed by atoms with Gasteiger partial charge in [-0.2, -0.15) is 0 Å². The number of para-hydroxylation sites is 1. The Morgan fingerprint density at radius 2 is 1.63 bits per heavy atom. The van der Waals surface area contributed by atoms with E-state index in [1.54, 1.807) is 29.2 Å². The number of ketones is 1. The summed E-state index contributed by atoms with van der Waals surface area (Å²) in [6, 6.07) is 20.3. The summed E-state index contributed by atoms with van der Waals surface area (Å²) in [5.41, 5.74) is 2.34. The van der Waals surface area contributed by atoms with Crippen molar-refractivity contribution in [2.75, 3.05) is 11.4 Å². The number of carbonyl (C=O) groups excluding carboxylic acids is 2. The van der Waals surface area contributed by atoms with E-state index in [0.717, 1.165) is 24.1 Å². The van der Waals surface area contributed by atoms with Crippen LogP contribution >= 0.6 is 0 Å². The third-order valence-electron chi connectivity index (χ3n) is 4.44. The van der Waals surface area contributed by atoms with Gasteiger partial charge in [-0.15, -0.1) is 0 Å². The Balaban J connectivity index is 1.84. The fourth-order valence-corrected chi connectivity index (χ4v) is 2.88. The maximum atomic E-state index is 13.0. The van der Waals surface area contributed by atoms with E-state index in [2.05, 4.69) is 6.92 Å². The summed E-state index contributed by atoms with van der Waals surface area (Å²) in [6.07, 6.45) is 1.92. The summed E-state index contributed by atoms with van der Waals surface area (Å²) in [6.45, 7) is 4.28. The predicted octanol–water partition coefficient (Wildman–Crippen LogP) is 5.60. The summed E-state index contributed by atoms with van der Waals surface area (Å²) < 4.78 is 5.84. The van der Waals surface area contributed by atoms with Gasteiger partial charge in [0, 0.05) is 23.4 Å². The highest BCUT2D eigenvalue weighted by atomic mass is 16.4. The maximum absolute atomic E-state index is 13.0. The molecule has 3 rings (SSSR count). The van der Waals surface area contributed by atoms with Gasteiger partial charge in [0.2, 0.25) is 0 Å². The number of carbonyl (C=O) groups is 2. The smallest absolute Gasteiger partial charge is 0.293 e. The second kappa shape index (κ2) is 8.49. The number of rotatable bonds is 7. The van der Waals surface area contributed by atoms with Crippen LogP contribution in [0.2, 0.25) is 0 Å². The number of anilines is 1. The van der Waals surface area contributed by atoms with Gasteiger partial charge in [-0.05, 0) is 37.6 Å². The monoisotopic (exact) mass is 361 g/mol. The van der Waals surface area contributed by atoms with Gasteiger partial charge in [-0.1, -0.05) is 55.8 Å². The minimum atomic E-state index is -0.152. The minimum Gasteiger partial charge on any atom is -0.451 e. The van der Waals surface area contributed by atoms with E-state index in [-0.39, 0.29) is 11.7 Å². The van der Waals surface area contributed by atoms with E-state index < -0.39 is 0 Å². The SMILES string of the molecule is CCCCN(C(=O)c1ccc(-c2ccc(C(C)=O)cc2)o1)c1ccccc1. The molecule has 0 fully saturated rings. The molecule has 4 nitrogen and oxygen atoms in total. The van der Waals surface area contributed by atoms with Crippen molar-refractivity contribution < 1.29 is 14.0 Å². The van der Waals surface area contributed by atoms with Crippen molar-refractivity contribution >= 4 is 17.4 Å². The number of benzene rings is 2. The Morgan fingerprint density at radius 1 is 0.926 bits per heavy atom. The fourth-order valence-electron chi connectivity index (χ4n) is 2.88. The Hall–Kier alpha value is -3.14. The molecule has 4 heteroatoms. The number of unbranched alkanes of at least 4 members (excludes halogenated alkanes) is 1. The van der Waals surface area contributed by atoms with Crippen LogP contribution in [-0.4, -0.2) is 18.2 Å². The molecule has 0 aliphatic carbocycles. The molecule has 2 aromatic carbocycles. The Morgan fingerprint density at radius 3 is 2.26 bits per heavy atom. The summed E-state index contributed by atoms with van der Waals surface area (Å²) in [7, 11) is 0. The molecule has 0 unspecified atom stereocenters. The number of nitrogens with zero attached hydrogens (tertiary/aromatic N) is 1. The molecule has 0 bridgehead atoms. The number of hydrogen-bond acceptors (Lipinski definition) is 3. The van der Waals surface area contributed by atoms with Crippen molar-refractivity contribution in [3.63, 3.8) is 0 Å². The lowest BCUT2D eigenvalue weighted by Crippen LogP contribution is -2.31. The average Bonchev–Trinajstić information content (AvgIpc) is 3.19. The van der Waals surface area contributed by atoms with Crippen LogP contribution in [0.5, 0.6) is 0 Å². The standard InChI is InChI=1S/C23H23NO3/c1-3-4-16-24(20-8-6-5-7-9-20)23(26)22-15-14-21(27-22)19-12-10-18(11-13-19)17(2)25/h5-15H,3-4,16H2,1-2H3. The molecule has 0 radical (unpaired) electrons. The largest absolute Gasteiger partial charge is 0.451 e. The Labute approximate surface area is 159 Å². The van der Waals surface area contributed by atoms with Gasteiger partial charge >= 0.3 is 0 Å². The molecule has 1 heterocycles. The predicted molar refractivity (Wildman–Crippen MR) is 107 cm³/mol. The first-order valence-electron chi connectivity index (χ1n) is 9.18. The maximum Gasteiger partial charge on any atom is 0.293 e. The zero-order valence-electron chi connectivity index (χ0n) is 15.6. The highest BCUT2D eigenvalue weighted by molar-refractivity contribution is 6.04. The van der Waals surface area contributed by atoms with Crippen LogP contribution in [0.25, 0.3) is 11.3 Å². The van der Waals surface area contributed by atoms with Gasteiger partial charge in [-0.25, -0.2) is 0 Å². The fraction of sp³-hybridized carbons (Fsp3) is 0.217. The van der Waals surface area contributed by atoms with Crippen LogP contribution in [0.3, 0.4) is 0 Å². The molecule has 0 spiro atoms. The lowest BCUT2D eigenvalue weighted by atomic mass is 10.1. The lowest BCUT2D eigenvalue weighted by Gasteiger charge is -2.21. The van der Waals surface area contributed by atoms with Crippen molar-refractivity contribution in [3.8, 4) is 11.3 Å². The quantitative estimate of drug-likeness (QED) is 0.515. The number of hydrogen-bond donors (Lipinski definition) is 0. The summed E-state index contributed by atoms with van der Waals surface area (Å²) in [4.78, 5) is 26.2. The van der Waals surface area contributed by atoms with Crippen LogP contribution < -0.4 is 4.90 Å². The molecule has 1 amide bonds. The van der Waals surface area contributed by atoms with E-state index in [1.807, 2.05) is 42.5 Å². The van der Waals surface area contributed by atoms with E-state index in [0.29, 0.717) is 23.6 Å². The molecule has 27 heavy (non-hydrogen) atoms. The molecule has 0 atom stereocenters. The summed E-state index contributed by atoms with van der Waals surface area (Å²) in [5, 5.41) is 0. The van der Waals surface area contributed by atoms with Crippen molar-refractivity contribution in [1.29, 1.82) is 0 Å². The lowest BCUT2D eigenvalue weighted by molar-refractivity contribution is 0.0959. The topological polar surface area (TPSA) is 50.5 Å². The van der Waals surface area contributed by atoms with Crippen LogP contribution in [0.1, 0.15) is 47.6 Å². The van der Waals surface area contributed by atoms with Gasteiger partial charge in [0.25, 0.3) is 5.91 Å². The molecule has 138 valence electrons. The average molecular weight is 361 g/mol. The molecule has 0 aliphatic heterocycles. The normalized spacial score (nSPS) is 10.6. The first-order chi connectivity index (χ1) is 13.1. The zero-order chi connectivity index (χ0) is 19.2. The summed E-state index contributed by atoms with van der Waals surface area (Å²) >= 11 is 0. The Bertz CT molecular complexity index is 910. The van der Waals surface area contributed by atoms with Gasteiger partial charge in [0.05, 0.1) is 0 Å². The molecular formula is C23H23NO3. The van der Waals surface area contributed by atoms with Crippen LogP contribution in [0.15, 0.2) is 71.1 Å². The highest BCUT2D eigenvalue weighted by Gasteiger charge is 2.21. The van der Waals surface area contributed by atoms with Crippen molar-refractivity contribution in [2.24, 2.45) is 0 Å². The van der Waals surface area contributed by atoms with Crippen LogP contribution in [0, 0.1) is 0 Å².